The fraction of sp³-hybridized carbons (Fsp3) is 0.207. The molecule has 39 heavy (non-hydrogen) atoms. The van der Waals surface area contributed by atoms with Crippen LogP contribution in [0.2, 0.25) is 0 Å². The van der Waals surface area contributed by atoms with E-state index >= 15 is 0 Å². The number of anilines is 1. The number of rotatable bonds is 9. The number of hydrogen-bond donors (Lipinski definition) is 2. The van der Waals surface area contributed by atoms with Gasteiger partial charge in [0.25, 0.3) is 5.91 Å². The molecule has 0 unspecified atom stereocenters. The first-order valence-corrected chi connectivity index (χ1v) is 13.5. The Balaban J connectivity index is 1.24. The molecule has 0 radical (unpaired) electrons. The van der Waals surface area contributed by atoms with Gasteiger partial charge in [0.2, 0.25) is 11.8 Å². The van der Waals surface area contributed by atoms with Crippen LogP contribution in [0.15, 0.2) is 88.8 Å². The minimum absolute atomic E-state index is 0.0277. The van der Waals surface area contributed by atoms with Gasteiger partial charge in [0.1, 0.15) is 17.6 Å². The van der Waals surface area contributed by atoms with Crippen molar-refractivity contribution in [3.8, 4) is 5.75 Å². The maximum absolute atomic E-state index is 13.4. The van der Waals surface area contributed by atoms with E-state index in [1.165, 1.54) is 4.90 Å². The molecule has 9 nitrogen and oxygen atoms in total. The molecule has 0 saturated heterocycles. The number of nitrogens with one attached hydrogen (secondary N) is 2. The number of methoxy groups -OCH3 is 1. The summed E-state index contributed by atoms with van der Waals surface area (Å²) in [7, 11) is 1.56. The number of thioether (sulfide) groups is 1. The number of nitrogens with zero attached hydrogens (tertiary/aromatic N) is 3. The molecule has 2 heterocycles. The van der Waals surface area contributed by atoms with Crippen LogP contribution in [0.5, 0.6) is 5.75 Å². The summed E-state index contributed by atoms with van der Waals surface area (Å²) in [6.07, 6.45) is 0.633. The molecule has 3 amide bonds. The predicted molar refractivity (Wildman–Crippen MR) is 153 cm³/mol. The van der Waals surface area contributed by atoms with E-state index in [0.717, 1.165) is 17.3 Å². The molecule has 1 atom stereocenters. The normalized spacial score (nSPS) is 15.6. The summed E-state index contributed by atoms with van der Waals surface area (Å²) >= 11 is 1.14. The van der Waals surface area contributed by atoms with E-state index in [1.807, 2.05) is 54.6 Å². The van der Waals surface area contributed by atoms with Gasteiger partial charge < -0.3 is 15.4 Å². The zero-order valence-electron chi connectivity index (χ0n) is 21.3. The largest absolute Gasteiger partial charge is 0.497 e. The van der Waals surface area contributed by atoms with Crippen molar-refractivity contribution in [1.82, 2.24) is 10.2 Å². The zero-order chi connectivity index (χ0) is 27.2. The number of ether oxygens (including phenoxy) is 1. The highest BCUT2D eigenvalue weighted by Gasteiger charge is 2.42. The standard InChI is InChI=1S/C29H27N5O4S/c1-38-21-11-7-10-20(16-21)31-26(36)18-39-29-33-23-13-6-5-12-22(23)27-32-24(28(37)34(27)29)17-25(35)30-15-14-19-8-3-2-4-9-19/h2-13,16,24H,14-15,17-18H2,1H3,(H,30,35)(H,31,36)/t24-/m0/s1. The van der Waals surface area contributed by atoms with Gasteiger partial charge in [-0.3, -0.25) is 19.4 Å². The predicted octanol–water partition coefficient (Wildman–Crippen LogP) is 3.77. The number of aliphatic imine (C=N–C) groups is 2. The lowest BCUT2D eigenvalue weighted by Crippen LogP contribution is -2.42. The summed E-state index contributed by atoms with van der Waals surface area (Å²) in [5.41, 5.74) is 3.10. The molecule has 198 valence electrons. The van der Waals surface area contributed by atoms with E-state index in [1.54, 1.807) is 31.4 Å². The highest BCUT2D eigenvalue weighted by molar-refractivity contribution is 8.14. The minimum Gasteiger partial charge on any atom is -0.497 e. The van der Waals surface area contributed by atoms with Crippen LogP contribution in [0.3, 0.4) is 0 Å². The summed E-state index contributed by atoms with van der Waals surface area (Å²) in [4.78, 5) is 49.4. The smallest absolute Gasteiger partial charge is 0.259 e. The molecule has 0 spiro atoms. The molecule has 2 aliphatic rings. The Hall–Kier alpha value is -4.44. The van der Waals surface area contributed by atoms with Gasteiger partial charge in [-0.15, -0.1) is 0 Å². The van der Waals surface area contributed by atoms with Crippen LogP contribution in [-0.4, -0.2) is 59.1 Å². The lowest BCUT2D eigenvalue weighted by Gasteiger charge is -2.25. The molecule has 10 heteroatoms. The first-order chi connectivity index (χ1) is 19.0. The van der Waals surface area contributed by atoms with Crippen molar-refractivity contribution in [3.05, 3.63) is 90.0 Å². The Morgan fingerprint density at radius 3 is 2.62 bits per heavy atom. The highest BCUT2D eigenvalue weighted by Crippen LogP contribution is 2.34. The SMILES string of the molecule is COc1cccc(NC(=O)CSC2=Nc3ccccc3C3=N[C@@H](CC(=O)NCCc4ccccc4)C(=O)N23)c1. The molecule has 0 saturated carbocycles. The Kier molecular flexibility index (Phi) is 8.02. The van der Waals surface area contributed by atoms with Gasteiger partial charge in [-0.25, -0.2) is 9.89 Å². The molecule has 3 aromatic carbocycles. The van der Waals surface area contributed by atoms with E-state index in [2.05, 4.69) is 20.6 Å². The van der Waals surface area contributed by atoms with E-state index in [0.29, 0.717) is 46.7 Å². The van der Waals surface area contributed by atoms with Crippen LogP contribution in [-0.2, 0) is 20.8 Å². The van der Waals surface area contributed by atoms with Crippen molar-refractivity contribution in [2.45, 2.75) is 18.9 Å². The summed E-state index contributed by atoms with van der Waals surface area (Å²) in [5.74, 6) is 0.271. The monoisotopic (exact) mass is 541 g/mol. The highest BCUT2D eigenvalue weighted by atomic mass is 32.2. The third-order valence-corrected chi connectivity index (χ3v) is 7.13. The average Bonchev–Trinajstić information content (AvgIpc) is 3.28. The van der Waals surface area contributed by atoms with Gasteiger partial charge in [-0.1, -0.05) is 60.3 Å². The van der Waals surface area contributed by atoms with Crippen LogP contribution >= 0.6 is 11.8 Å². The average molecular weight is 542 g/mol. The van der Waals surface area contributed by atoms with Crippen molar-refractivity contribution < 1.29 is 19.1 Å². The molecule has 2 N–H and O–H groups in total. The maximum Gasteiger partial charge on any atom is 0.259 e. The Morgan fingerprint density at radius 2 is 1.79 bits per heavy atom. The molecule has 2 aliphatic heterocycles. The number of amidine groups is 2. The van der Waals surface area contributed by atoms with Gasteiger partial charge >= 0.3 is 0 Å². The van der Waals surface area contributed by atoms with E-state index < -0.39 is 6.04 Å². The molecule has 0 aromatic heterocycles. The van der Waals surface area contributed by atoms with Crippen molar-refractivity contribution in [2.24, 2.45) is 9.98 Å². The number of carbonyl (C=O) groups excluding carboxylic acids is 3. The lowest BCUT2D eigenvalue weighted by atomic mass is 10.1. The first-order valence-electron chi connectivity index (χ1n) is 12.5. The molecular formula is C29H27N5O4S. The minimum atomic E-state index is -0.862. The molecule has 0 bridgehead atoms. The maximum atomic E-state index is 13.4. The molecule has 5 rings (SSSR count). The van der Waals surface area contributed by atoms with Gasteiger partial charge in [0, 0.05) is 23.9 Å². The van der Waals surface area contributed by atoms with Crippen molar-refractivity contribution in [1.29, 1.82) is 0 Å². The second-order valence-electron chi connectivity index (χ2n) is 8.91. The van der Waals surface area contributed by atoms with E-state index in [-0.39, 0.29) is 29.9 Å². The number of carbonyl (C=O) groups is 3. The van der Waals surface area contributed by atoms with E-state index in [9.17, 15) is 14.4 Å². The fourth-order valence-corrected chi connectivity index (χ4v) is 5.10. The number of hydrogen-bond acceptors (Lipinski definition) is 7. The number of fused-ring (bicyclic) bond motifs is 3. The van der Waals surface area contributed by atoms with Crippen LogP contribution < -0.4 is 15.4 Å². The Morgan fingerprint density at radius 1 is 1.00 bits per heavy atom. The Labute approximate surface area is 230 Å². The molecule has 0 fully saturated rings. The quantitative estimate of drug-likeness (QED) is 0.428. The van der Waals surface area contributed by atoms with E-state index in [4.69, 9.17) is 4.74 Å². The van der Waals surface area contributed by atoms with Crippen molar-refractivity contribution in [3.63, 3.8) is 0 Å². The first kappa shape index (κ1) is 26.2. The Bertz CT molecular complexity index is 1460. The summed E-state index contributed by atoms with van der Waals surface area (Å²) in [5, 5.41) is 6.07. The third kappa shape index (κ3) is 6.18. The second kappa shape index (κ2) is 12.0. The van der Waals surface area contributed by atoms with Gasteiger partial charge in [-0.05, 0) is 36.2 Å². The number of amides is 3. The summed E-state index contributed by atoms with van der Waals surface area (Å²) in [6, 6.07) is 23.5. The van der Waals surface area contributed by atoms with Gasteiger partial charge in [0.15, 0.2) is 5.17 Å². The van der Waals surface area contributed by atoms with Crippen molar-refractivity contribution >= 4 is 51.9 Å². The molecular weight excluding hydrogens is 514 g/mol. The van der Waals surface area contributed by atoms with Crippen LogP contribution in [0.4, 0.5) is 11.4 Å². The molecule has 0 aliphatic carbocycles. The van der Waals surface area contributed by atoms with Gasteiger partial charge in [0.05, 0.1) is 25.0 Å². The van der Waals surface area contributed by atoms with Crippen LogP contribution in [0, 0.1) is 0 Å². The summed E-state index contributed by atoms with van der Waals surface area (Å²) in [6.45, 7) is 0.470. The van der Waals surface area contributed by atoms with Crippen molar-refractivity contribution in [2.75, 3.05) is 24.7 Å². The second-order valence-corrected chi connectivity index (χ2v) is 9.85. The zero-order valence-corrected chi connectivity index (χ0v) is 22.1. The number of para-hydroxylation sites is 1. The topological polar surface area (TPSA) is 112 Å². The lowest BCUT2D eigenvalue weighted by molar-refractivity contribution is -0.128. The van der Waals surface area contributed by atoms with Crippen LogP contribution in [0.1, 0.15) is 17.5 Å². The van der Waals surface area contributed by atoms with Gasteiger partial charge in [-0.2, -0.15) is 0 Å². The molecule has 3 aromatic rings. The third-order valence-electron chi connectivity index (χ3n) is 6.19. The van der Waals surface area contributed by atoms with Crippen LogP contribution in [0.25, 0.3) is 0 Å². The fourth-order valence-electron chi connectivity index (χ4n) is 4.30. The summed E-state index contributed by atoms with van der Waals surface area (Å²) < 4.78 is 5.20. The number of benzene rings is 3.